The SMILES string of the molecule is COc1ccc(OC)c(CC(CN)c2c(Cl)cccc2Cl)c1. The molecule has 2 N–H and O–H groups in total. The smallest absolute Gasteiger partial charge is 0.122 e. The highest BCUT2D eigenvalue weighted by molar-refractivity contribution is 6.36. The molecule has 0 aliphatic heterocycles. The molecule has 0 saturated heterocycles. The molecule has 0 radical (unpaired) electrons. The molecule has 1 unspecified atom stereocenters. The molecule has 0 saturated carbocycles. The van der Waals surface area contributed by atoms with E-state index in [0.29, 0.717) is 23.0 Å². The lowest BCUT2D eigenvalue weighted by Crippen LogP contribution is -2.16. The molecule has 0 amide bonds. The summed E-state index contributed by atoms with van der Waals surface area (Å²) in [5, 5.41) is 1.26. The highest BCUT2D eigenvalue weighted by Gasteiger charge is 2.19. The van der Waals surface area contributed by atoms with E-state index >= 15 is 0 Å². The monoisotopic (exact) mass is 339 g/mol. The van der Waals surface area contributed by atoms with Gasteiger partial charge in [-0.2, -0.15) is 0 Å². The quantitative estimate of drug-likeness (QED) is 0.853. The maximum atomic E-state index is 6.31. The number of nitrogens with two attached hydrogens (primary N) is 1. The van der Waals surface area contributed by atoms with E-state index in [1.165, 1.54) is 0 Å². The van der Waals surface area contributed by atoms with Crippen LogP contribution >= 0.6 is 23.2 Å². The Hall–Kier alpha value is -1.42. The summed E-state index contributed by atoms with van der Waals surface area (Å²) < 4.78 is 10.7. The molecule has 0 aliphatic rings. The number of hydrogen-bond acceptors (Lipinski definition) is 3. The van der Waals surface area contributed by atoms with Crippen molar-refractivity contribution in [2.45, 2.75) is 12.3 Å². The van der Waals surface area contributed by atoms with Crippen molar-refractivity contribution < 1.29 is 9.47 Å². The Bertz CT molecular complexity index is 626. The number of hydrogen-bond donors (Lipinski definition) is 1. The zero-order valence-corrected chi connectivity index (χ0v) is 14.1. The molecule has 3 nitrogen and oxygen atoms in total. The minimum atomic E-state index is 0.00204. The third kappa shape index (κ3) is 3.67. The Labute approximate surface area is 140 Å². The number of halogens is 2. The van der Waals surface area contributed by atoms with Crippen molar-refractivity contribution in [1.82, 2.24) is 0 Å². The molecular formula is C17H19Cl2NO2. The molecule has 0 heterocycles. The summed E-state index contributed by atoms with van der Waals surface area (Å²) in [6.45, 7) is 0.434. The second-order valence-electron chi connectivity index (χ2n) is 4.95. The molecule has 0 aliphatic carbocycles. The number of ether oxygens (including phenoxy) is 2. The summed E-state index contributed by atoms with van der Waals surface area (Å²) in [5.74, 6) is 1.57. The zero-order valence-electron chi connectivity index (χ0n) is 12.6. The van der Waals surface area contributed by atoms with Crippen LogP contribution in [0, 0.1) is 0 Å². The van der Waals surface area contributed by atoms with Gasteiger partial charge in [0.25, 0.3) is 0 Å². The van der Waals surface area contributed by atoms with Gasteiger partial charge in [-0.05, 0) is 54.4 Å². The van der Waals surface area contributed by atoms with Crippen molar-refractivity contribution in [2.75, 3.05) is 20.8 Å². The highest BCUT2D eigenvalue weighted by Crippen LogP contribution is 2.35. The summed E-state index contributed by atoms with van der Waals surface area (Å²) in [5.41, 5.74) is 7.84. The van der Waals surface area contributed by atoms with Crippen LogP contribution in [-0.2, 0) is 6.42 Å². The minimum Gasteiger partial charge on any atom is -0.497 e. The minimum absolute atomic E-state index is 0.00204. The molecule has 0 fully saturated rings. The fourth-order valence-electron chi connectivity index (χ4n) is 2.51. The molecule has 1 atom stereocenters. The number of benzene rings is 2. The second-order valence-corrected chi connectivity index (χ2v) is 5.76. The molecule has 0 aromatic heterocycles. The van der Waals surface area contributed by atoms with Crippen molar-refractivity contribution in [3.63, 3.8) is 0 Å². The first-order chi connectivity index (χ1) is 10.6. The van der Waals surface area contributed by atoms with Gasteiger partial charge in [0.1, 0.15) is 11.5 Å². The summed E-state index contributed by atoms with van der Waals surface area (Å²) in [7, 11) is 3.28. The molecule has 5 heteroatoms. The number of rotatable bonds is 6. The van der Waals surface area contributed by atoms with E-state index in [1.807, 2.05) is 36.4 Å². The highest BCUT2D eigenvalue weighted by atomic mass is 35.5. The van der Waals surface area contributed by atoms with Crippen LogP contribution in [0.4, 0.5) is 0 Å². The Morgan fingerprint density at radius 1 is 1.05 bits per heavy atom. The van der Waals surface area contributed by atoms with Gasteiger partial charge in [0.05, 0.1) is 14.2 Å². The average Bonchev–Trinajstić information content (AvgIpc) is 2.53. The lowest BCUT2D eigenvalue weighted by atomic mass is 9.91. The van der Waals surface area contributed by atoms with Crippen molar-refractivity contribution >= 4 is 23.2 Å². The van der Waals surface area contributed by atoms with Gasteiger partial charge >= 0.3 is 0 Å². The Morgan fingerprint density at radius 3 is 2.27 bits per heavy atom. The predicted octanol–water partition coefficient (Wildman–Crippen LogP) is 4.30. The van der Waals surface area contributed by atoms with Crippen molar-refractivity contribution in [2.24, 2.45) is 5.73 Å². The second kappa shape index (κ2) is 7.73. The van der Waals surface area contributed by atoms with Crippen LogP contribution in [0.15, 0.2) is 36.4 Å². The topological polar surface area (TPSA) is 44.5 Å². The van der Waals surface area contributed by atoms with E-state index in [9.17, 15) is 0 Å². The first-order valence-corrected chi connectivity index (χ1v) is 7.71. The van der Waals surface area contributed by atoms with Gasteiger partial charge in [-0.15, -0.1) is 0 Å². The molecule has 0 bridgehead atoms. The fraction of sp³-hybridized carbons (Fsp3) is 0.294. The lowest BCUT2D eigenvalue weighted by Gasteiger charge is -2.20. The van der Waals surface area contributed by atoms with Crippen LogP contribution in [0.3, 0.4) is 0 Å². The maximum Gasteiger partial charge on any atom is 0.122 e. The molecule has 2 rings (SSSR count). The van der Waals surface area contributed by atoms with Crippen LogP contribution < -0.4 is 15.2 Å². The van der Waals surface area contributed by atoms with E-state index in [4.69, 9.17) is 38.4 Å². The van der Waals surface area contributed by atoms with Crippen LogP contribution in [0.2, 0.25) is 10.0 Å². The Kier molecular flexibility index (Phi) is 5.95. The van der Waals surface area contributed by atoms with Crippen LogP contribution in [0.5, 0.6) is 11.5 Å². The molecular weight excluding hydrogens is 321 g/mol. The number of methoxy groups -OCH3 is 2. The van der Waals surface area contributed by atoms with Gasteiger partial charge in [0.15, 0.2) is 0 Å². The fourth-order valence-corrected chi connectivity index (χ4v) is 3.22. The first-order valence-electron chi connectivity index (χ1n) is 6.95. The van der Waals surface area contributed by atoms with Crippen LogP contribution in [0.1, 0.15) is 17.0 Å². The van der Waals surface area contributed by atoms with E-state index in [-0.39, 0.29) is 5.92 Å². The molecule has 2 aromatic rings. The van der Waals surface area contributed by atoms with E-state index < -0.39 is 0 Å². The zero-order chi connectivity index (χ0) is 16.1. The van der Waals surface area contributed by atoms with Gasteiger partial charge in [0, 0.05) is 16.0 Å². The van der Waals surface area contributed by atoms with Crippen LogP contribution in [0.25, 0.3) is 0 Å². The maximum absolute atomic E-state index is 6.31. The van der Waals surface area contributed by atoms with E-state index in [1.54, 1.807) is 14.2 Å². The van der Waals surface area contributed by atoms with Crippen molar-refractivity contribution in [3.8, 4) is 11.5 Å². The third-order valence-corrected chi connectivity index (χ3v) is 4.31. The van der Waals surface area contributed by atoms with Crippen LogP contribution in [-0.4, -0.2) is 20.8 Å². The van der Waals surface area contributed by atoms with Gasteiger partial charge in [-0.25, -0.2) is 0 Å². The first kappa shape index (κ1) is 16.9. The molecule has 2 aromatic carbocycles. The standard InChI is InChI=1S/C17H19Cl2NO2/c1-21-13-6-7-16(22-2)11(9-13)8-12(10-20)17-14(18)4-3-5-15(17)19/h3-7,9,12H,8,10,20H2,1-2H3. The van der Waals surface area contributed by atoms with E-state index in [0.717, 1.165) is 22.6 Å². The predicted molar refractivity (Wildman–Crippen MR) is 91.5 cm³/mol. The van der Waals surface area contributed by atoms with Gasteiger partial charge < -0.3 is 15.2 Å². The van der Waals surface area contributed by atoms with Gasteiger partial charge in [0.2, 0.25) is 0 Å². The normalized spacial score (nSPS) is 12.0. The molecule has 118 valence electrons. The van der Waals surface area contributed by atoms with Gasteiger partial charge in [-0.1, -0.05) is 29.3 Å². The summed E-state index contributed by atoms with van der Waals surface area (Å²) in [4.78, 5) is 0. The third-order valence-electron chi connectivity index (χ3n) is 3.65. The lowest BCUT2D eigenvalue weighted by molar-refractivity contribution is 0.397. The van der Waals surface area contributed by atoms with Crippen molar-refractivity contribution in [3.05, 3.63) is 57.6 Å². The van der Waals surface area contributed by atoms with Gasteiger partial charge in [-0.3, -0.25) is 0 Å². The Morgan fingerprint density at radius 2 is 1.73 bits per heavy atom. The summed E-state index contributed by atoms with van der Waals surface area (Å²) in [6, 6.07) is 11.2. The average molecular weight is 340 g/mol. The van der Waals surface area contributed by atoms with Crippen molar-refractivity contribution in [1.29, 1.82) is 0 Å². The summed E-state index contributed by atoms with van der Waals surface area (Å²) >= 11 is 12.6. The van der Waals surface area contributed by atoms with E-state index in [2.05, 4.69) is 0 Å². The largest absolute Gasteiger partial charge is 0.497 e. The molecule has 0 spiro atoms. The molecule has 22 heavy (non-hydrogen) atoms. The Balaban J connectivity index is 2.38. The summed E-state index contributed by atoms with van der Waals surface area (Å²) in [6.07, 6.45) is 0.667.